The van der Waals surface area contributed by atoms with Crippen LogP contribution in [0.5, 0.6) is 11.5 Å². The Labute approximate surface area is 116 Å². The predicted molar refractivity (Wildman–Crippen MR) is 70.2 cm³/mol. The van der Waals surface area contributed by atoms with Crippen molar-refractivity contribution in [2.75, 3.05) is 45.2 Å². The second-order valence-electron chi connectivity index (χ2n) is 4.42. The van der Waals surface area contributed by atoms with Gasteiger partial charge in [-0.05, 0) is 0 Å². The first-order chi connectivity index (χ1) is 9.63. The first-order valence-electron chi connectivity index (χ1n) is 6.42. The van der Waals surface area contributed by atoms with Crippen molar-refractivity contribution in [1.82, 2.24) is 4.90 Å². The summed E-state index contributed by atoms with van der Waals surface area (Å²) in [5.74, 6) is 0.426. The Morgan fingerprint density at radius 2 is 1.90 bits per heavy atom. The third-order valence-electron chi connectivity index (χ3n) is 2.91. The summed E-state index contributed by atoms with van der Waals surface area (Å²) in [4.78, 5) is 2.21. The molecule has 1 heterocycles. The van der Waals surface area contributed by atoms with E-state index < -0.39 is 6.61 Å². The number of ether oxygens (including phenoxy) is 3. The molecule has 2 rings (SSSR count). The Morgan fingerprint density at radius 3 is 2.60 bits per heavy atom. The van der Waals surface area contributed by atoms with Crippen LogP contribution in [0.15, 0.2) is 18.2 Å². The van der Waals surface area contributed by atoms with E-state index in [0.717, 1.165) is 32.8 Å². The van der Waals surface area contributed by atoms with Crippen molar-refractivity contribution in [3.05, 3.63) is 18.2 Å². The van der Waals surface area contributed by atoms with Crippen molar-refractivity contribution in [3.63, 3.8) is 0 Å². The lowest BCUT2D eigenvalue weighted by atomic mass is 10.3. The van der Waals surface area contributed by atoms with Gasteiger partial charge in [0.05, 0.1) is 13.2 Å². The molecule has 112 valence electrons. The van der Waals surface area contributed by atoms with E-state index in [9.17, 15) is 8.78 Å². The van der Waals surface area contributed by atoms with Crippen molar-refractivity contribution in [1.29, 1.82) is 0 Å². The van der Waals surface area contributed by atoms with Gasteiger partial charge in [-0.25, -0.2) is 0 Å². The van der Waals surface area contributed by atoms with Gasteiger partial charge in [0.1, 0.15) is 18.1 Å². The molecule has 0 unspecified atom stereocenters. The first-order valence-corrected chi connectivity index (χ1v) is 6.42. The van der Waals surface area contributed by atoms with Gasteiger partial charge in [-0.2, -0.15) is 8.78 Å². The summed E-state index contributed by atoms with van der Waals surface area (Å²) in [5, 5.41) is 0. The summed E-state index contributed by atoms with van der Waals surface area (Å²) in [6, 6.07) is 4.32. The number of nitrogens with two attached hydrogens (primary N) is 1. The number of hydrogen-bond acceptors (Lipinski definition) is 5. The molecule has 0 aromatic heterocycles. The van der Waals surface area contributed by atoms with Gasteiger partial charge in [-0.1, -0.05) is 0 Å². The zero-order valence-corrected chi connectivity index (χ0v) is 11.1. The molecule has 1 aromatic carbocycles. The SMILES string of the molecule is Nc1cc(OCCN2CCOCC2)cc(OC(F)F)c1. The van der Waals surface area contributed by atoms with Crippen LogP contribution in [0.2, 0.25) is 0 Å². The lowest BCUT2D eigenvalue weighted by molar-refractivity contribution is -0.0499. The van der Waals surface area contributed by atoms with Gasteiger partial charge < -0.3 is 19.9 Å². The van der Waals surface area contributed by atoms with Gasteiger partial charge in [0.2, 0.25) is 0 Å². The maximum absolute atomic E-state index is 12.2. The number of hydrogen-bond donors (Lipinski definition) is 1. The maximum Gasteiger partial charge on any atom is 0.387 e. The van der Waals surface area contributed by atoms with Gasteiger partial charge in [0, 0.05) is 43.5 Å². The normalized spacial score (nSPS) is 16.4. The first kappa shape index (κ1) is 14.8. The average Bonchev–Trinajstić information content (AvgIpc) is 2.38. The molecule has 5 nitrogen and oxygen atoms in total. The molecule has 7 heteroatoms. The van der Waals surface area contributed by atoms with Crippen molar-refractivity contribution in [2.24, 2.45) is 0 Å². The van der Waals surface area contributed by atoms with Crippen LogP contribution in [-0.4, -0.2) is 51.0 Å². The molecule has 0 aliphatic carbocycles. The molecule has 0 amide bonds. The average molecular weight is 288 g/mol. The summed E-state index contributed by atoms with van der Waals surface area (Å²) in [7, 11) is 0. The van der Waals surface area contributed by atoms with Crippen LogP contribution in [-0.2, 0) is 4.74 Å². The number of morpholine rings is 1. The fourth-order valence-corrected chi connectivity index (χ4v) is 1.97. The molecular formula is C13H18F2N2O3. The standard InChI is InChI=1S/C13H18F2N2O3/c14-13(15)20-12-8-10(16)7-11(9-12)19-6-3-17-1-4-18-5-2-17/h7-9,13H,1-6,16H2. The highest BCUT2D eigenvalue weighted by molar-refractivity contribution is 5.50. The largest absolute Gasteiger partial charge is 0.492 e. The maximum atomic E-state index is 12.2. The summed E-state index contributed by atoms with van der Waals surface area (Å²) in [6.07, 6.45) is 0. The topological polar surface area (TPSA) is 57.0 Å². The van der Waals surface area contributed by atoms with E-state index in [-0.39, 0.29) is 5.75 Å². The monoisotopic (exact) mass is 288 g/mol. The highest BCUT2D eigenvalue weighted by Crippen LogP contribution is 2.25. The number of benzene rings is 1. The summed E-state index contributed by atoms with van der Waals surface area (Å²) in [6.45, 7) is 1.54. The van der Waals surface area contributed by atoms with Crippen LogP contribution < -0.4 is 15.2 Å². The summed E-state index contributed by atoms with van der Waals surface area (Å²) in [5.41, 5.74) is 5.94. The minimum Gasteiger partial charge on any atom is -0.492 e. The molecule has 0 atom stereocenters. The molecule has 0 saturated carbocycles. The molecule has 1 saturated heterocycles. The summed E-state index contributed by atoms with van der Waals surface area (Å²) >= 11 is 0. The number of alkyl halides is 2. The second-order valence-corrected chi connectivity index (χ2v) is 4.42. The molecule has 1 aliphatic rings. The molecular weight excluding hydrogens is 270 g/mol. The molecule has 1 aliphatic heterocycles. The highest BCUT2D eigenvalue weighted by atomic mass is 19.3. The van der Waals surface area contributed by atoms with E-state index >= 15 is 0 Å². The Bertz CT molecular complexity index is 426. The molecule has 2 N–H and O–H groups in total. The lowest BCUT2D eigenvalue weighted by Crippen LogP contribution is -2.38. The molecule has 0 spiro atoms. The number of halogens is 2. The molecule has 20 heavy (non-hydrogen) atoms. The Balaban J connectivity index is 1.83. The van der Waals surface area contributed by atoms with Crippen LogP contribution >= 0.6 is 0 Å². The van der Waals surface area contributed by atoms with Crippen LogP contribution in [0.1, 0.15) is 0 Å². The third-order valence-corrected chi connectivity index (χ3v) is 2.91. The molecule has 1 fully saturated rings. The minimum atomic E-state index is -2.88. The van der Waals surface area contributed by atoms with E-state index in [1.54, 1.807) is 6.07 Å². The Kier molecular flexibility index (Phi) is 5.37. The van der Waals surface area contributed by atoms with Gasteiger partial charge in [-0.3, -0.25) is 4.90 Å². The number of nitrogen functional groups attached to an aromatic ring is 1. The van der Waals surface area contributed by atoms with Crippen LogP contribution in [0, 0.1) is 0 Å². The van der Waals surface area contributed by atoms with E-state index in [4.69, 9.17) is 15.2 Å². The van der Waals surface area contributed by atoms with Crippen LogP contribution in [0.3, 0.4) is 0 Å². The second kappa shape index (κ2) is 7.25. The minimum absolute atomic E-state index is 0.00127. The fraction of sp³-hybridized carbons (Fsp3) is 0.538. The fourth-order valence-electron chi connectivity index (χ4n) is 1.97. The van der Waals surface area contributed by atoms with E-state index in [1.807, 2.05) is 0 Å². The van der Waals surface area contributed by atoms with Gasteiger partial charge in [0.15, 0.2) is 0 Å². The van der Waals surface area contributed by atoms with E-state index in [1.165, 1.54) is 12.1 Å². The van der Waals surface area contributed by atoms with Gasteiger partial charge in [0.25, 0.3) is 0 Å². The Hall–Kier alpha value is -1.60. The summed E-state index contributed by atoms with van der Waals surface area (Å²) < 4.78 is 39.4. The number of nitrogens with zero attached hydrogens (tertiary/aromatic N) is 1. The van der Waals surface area contributed by atoms with Crippen LogP contribution in [0.25, 0.3) is 0 Å². The zero-order valence-electron chi connectivity index (χ0n) is 11.1. The van der Waals surface area contributed by atoms with Crippen molar-refractivity contribution >= 4 is 5.69 Å². The predicted octanol–water partition coefficient (Wildman–Crippen LogP) is 1.58. The number of rotatable bonds is 6. The number of anilines is 1. The van der Waals surface area contributed by atoms with Crippen molar-refractivity contribution in [3.8, 4) is 11.5 Å². The lowest BCUT2D eigenvalue weighted by Gasteiger charge is -2.26. The third kappa shape index (κ3) is 4.82. The van der Waals surface area contributed by atoms with Crippen molar-refractivity contribution < 1.29 is 23.0 Å². The van der Waals surface area contributed by atoms with Gasteiger partial charge in [-0.15, -0.1) is 0 Å². The van der Waals surface area contributed by atoms with Crippen molar-refractivity contribution in [2.45, 2.75) is 6.61 Å². The molecule has 0 bridgehead atoms. The van der Waals surface area contributed by atoms with Gasteiger partial charge >= 0.3 is 6.61 Å². The van der Waals surface area contributed by atoms with E-state index in [0.29, 0.717) is 18.0 Å². The quantitative estimate of drug-likeness (QED) is 0.805. The molecule has 1 aromatic rings. The van der Waals surface area contributed by atoms with Crippen LogP contribution in [0.4, 0.5) is 14.5 Å². The Morgan fingerprint density at radius 1 is 1.20 bits per heavy atom. The molecule has 0 radical (unpaired) electrons. The smallest absolute Gasteiger partial charge is 0.387 e. The van der Waals surface area contributed by atoms with E-state index in [2.05, 4.69) is 9.64 Å². The highest BCUT2D eigenvalue weighted by Gasteiger charge is 2.11. The zero-order chi connectivity index (χ0) is 14.4.